The number of rotatable bonds is 1. The monoisotopic (exact) mass is 400 g/mol. The molecular formula is C20H20N2O7. The number of fused-ring (bicyclic) bond motifs is 3. The van der Waals surface area contributed by atoms with Crippen molar-refractivity contribution in [1.29, 1.82) is 0 Å². The first-order valence-electron chi connectivity index (χ1n) is 9.11. The molecule has 1 amide bonds. The molecule has 0 saturated carbocycles. The summed E-state index contributed by atoms with van der Waals surface area (Å²) in [4.78, 5) is 37.6. The highest BCUT2D eigenvalue weighted by atomic mass is 16.3. The van der Waals surface area contributed by atoms with Crippen molar-refractivity contribution >= 4 is 23.2 Å². The van der Waals surface area contributed by atoms with E-state index in [9.17, 15) is 34.8 Å². The molecule has 9 nitrogen and oxygen atoms in total. The molecule has 29 heavy (non-hydrogen) atoms. The summed E-state index contributed by atoms with van der Waals surface area (Å²) in [5.74, 6) is -8.08. The second kappa shape index (κ2) is 6.08. The normalized spacial score (nSPS) is 31.3. The number of benzene rings is 1. The van der Waals surface area contributed by atoms with Crippen molar-refractivity contribution in [3.8, 4) is 5.75 Å². The van der Waals surface area contributed by atoms with Gasteiger partial charge in [-0.25, -0.2) is 0 Å². The van der Waals surface area contributed by atoms with E-state index in [4.69, 9.17) is 11.5 Å². The number of aromatic hydroxyl groups is 1. The molecule has 9 heteroatoms. The number of ketones is 2. The lowest BCUT2D eigenvalue weighted by atomic mass is 9.58. The summed E-state index contributed by atoms with van der Waals surface area (Å²) in [6.45, 7) is 1.72. The van der Waals surface area contributed by atoms with Gasteiger partial charge in [0.25, 0.3) is 5.91 Å². The van der Waals surface area contributed by atoms with Gasteiger partial charge in [0.2, 0.25) is 0 Å². The van der Waals surface area contributed by atoms with Gasteiger partial charge < -0.3 is 31.9 Å². The Labute approximate surface area is 164 Å². The summed E-state index contributed by atoms with van der Waals surface area (Å²) in [5.41, 5.74) is 10.4. The van der Waals surface area contributed by atoms with Crippen molar-refractivity contribution in [3.63, 3.8) is 0 Å². The molecule has 5 atom stereocenters. The van der Waals surface area contributed by atoms with Crippen molar-refractivity contribution in [2.45, 2.75) is 25.4 Å². The second-order valence-corrected chi connectivity index (χ2v) is 7.80. The standard InChI is InChI=1S/C20H20N2O7/c1-5-6-2-3-8(21)16(25)11(6)18(27)14-10(5)15(24)7-4-9(23)13(20(22)29)17(26)12(7)19(14)28/h2-3,5,7,10,12,15,23-25,28H,4,21H2,1H3,(H2,22,29)/t5-,7?,10?,12?,15+/m0/s1. The lowest BCUT2D eigenvalue weighted by Crippen LogP contribution is -2.51. The third kappa shape index (κ3) is 2.34. The van der Waals surface area contributed by atoms with Gasteiger partial charge in [-0.2, -0.15) is 0 Å². The van der Waals surface area contributed by atoms with Crippen molar-refractivity contribution in [2.75, 3.05) is 5.73 Å². The van der Waals surface area contributed by atoms with Gasteiger partial charge in [0.15, 0.2) is 11.6 Å². The summed E-state index contributed by atoms with van der Waals surface area (Å²) in [5, 5.41) is 42.4. The predicted molar refractivity (Wildman–Crippen MR) is 99.9 cm³/mol. The molecule has 0 spiro atoms. The van der Waals surface area contributed by atoms with Crippen LogP contribution in [0.15, 0.2) is 34.8 Å². The van der Waals surface area contributed by atoms with Crippen LogP contribution in [0.3, 0.4) is 0 Å². The van der Waals surface area contributed by atoms with E-state index in [0.717, 1.165) is 0 Å². The van der Waals surface area contributed by atoms with E-state index >= 15 is 0 Å². The Morgan fingerprint density at radius 1 is 1.17 bits per heavy atom. The number of hydrogen-bond acceptors (Lipinski definition) is 8. The van der Waals surface area contributed by atoms with Crippen molar-refractivity contribution in [1.82, 2.24) is 0 Å². The Balaban J connectivity index is 1.95. The van der Waals surface area contributed by atoms with Crippen LogP contribution in [-0.4, -0.2) is 44.0 Å². The third-order valence-corrected chi connectivity index (χ3v) is 6.37. The number of carbonyl (C=O) groups is 3. The zero-order chi connectivity index (χ0) is 21.4. The minimum atomic E-state index is -1.39. The summed E-state index contributed by atoms with van der Waals surface area (Å²) in [6.07, 6.45) is -1.51. The first kappa shape index (κ1) is 19.0. The molecular weight excluding hydrogens is 380 g/mol. The third-order valence-electron chi connectivity index (χ3n) is 6.37. The van der Waals surface area contributed by atoms with E-state index in [0.29, 0.717) is 5.56 Å². The van der Waals surface area contributed by atoms with E-state index in [-0.39, 0.29) is 23.2 Å². The van der Waals surface area contributed by atoms with E-state index < -0.39 is 70.1 Å². The van der Waals surface area contributed by atoms with Crippen molar-refractivity contribution in [3.05, 3.63) is 45.9 Å². The van der Waals surface area contributed by atoms with Gasteiger partial charge in [0.05, 0.1) is 23.3 Å². The number of aliphatic hydroxyl groups excluding tert-OH is 3. The number of Topliss-reactive ketones (excluding diaryl/α,β-unsaturated/α-hetero) is 2. The number of anilines is 1. The average molecular weight is 400 g/mol. The zero-order valence-corrected chi connectivity index (χ0v) is 15.4. The number of carbonyl (C=O) groups excluding carboxylic acids is 3. The second-order valence-electron chi connectivity index (χ2n) is 7.80. The molecule has 4 rings (SSSR count). The maximum Gasteiger partial charge on any atom is 0.255 e. The van der Waals surface area contributed by atoms with E-state index in [1.807, 2.05) is 0 Å². The Hall–Kier alpha value is -3.33. The molecule has 3 aliphatic carbocycles. The average Bonchev–Trinajstić information content (AvgIpc) is 2.64. The molecule has 3 aliphatic rings. The molecule has 0 saturated heterocycles. The summed E-state index contributed by atoms with van der Waals surface area (Å²) < 4.78 is 0. The lowest BCUT2D eigenvalue weighted by Gasteiger charge is -2.46. The number of primary amides is 1. The fourth-order valence-electron chi connectivity index (χ4n) is 5.00. The molecule has 0 aromatic heterocycles. The van der Waals surface area contributed by atoms with Crippen LogP contribution in [0.25, 0.3) is 0 Å². The number of nitrogen functional groups attached to an aromatic ring is 1. The quantitative estimate of drug-likeness (QED) is 0.224. The van der Waals surface area contributed by atoms with Crippen LogP contribution in [0.4, 0.5) is 5.69 Å². The Morgan fingerprint density at radius 2 is 1.83 bits per heavy atom. The number of amides is 1. The first-order valence-corrected chi connectivity index (χ1v) is 9.11. The van der Waals surface area contributed by atoms with Gasteiger partial charge in [-0.3, -0.25) is 14.4 Å². The van der Waals surface area contributed by atoms with Gasteiger partial charge in [0, 0.05) is 23.8 Å². The van der Waals surface area contributed by atoms with Crippen molar-refractivity contribution in [2.24, 2.45) is 23.5 Å². The highest BCUT2D eigenvalue weighted by Gasteiger charge is 2.56. The molecule has 0 bridgehead atoms. The van der Waals surface area contributed by atoms with Crippen molar-refractivity contribution < 1.29 is 34.8 Å². The fourth-order valence-corrected chi connectivity index (χ4v) is 5.00. The molecule has 152 valence electrons. The summed E-state index contributed by atoms with van der Waals surface area (Å²) in [7, 11) is 0. The molecule has 0 fully saturated rings. The zero-order valence-electron chi connectivity index (χ0n) is 15.4. The Kier molecular flexibility index (Phi) is 3.99. The van der Waals surface area contributed by atoms with Crippen LogP contribution in [0.5, 0.6) is 5.75 Å². The van der Waals surface area contributed by atoms with Crippen LogP contribution in [0, 0.1) is 17.8 Å². The number of nitrogens with two attached hydrogens (primary N) is 2. The maximum absolute atomic E-state index is 13.2. The lowest BCUT2D eigenvalue weighted by molar-refractivity contribution is -0.128. The smallest absolute Gasteiger partial charge is 0.255 e. The van der Waals surface area contributed by atoms with Crippen LogP contribution in [0.2, 0.25) is 0 Å². The minimum absolute atomic E-state index is 0.0188. The number of phenols is 1. The van der Waals surface area contributed by atoms with E-state index in [1.165, 1.54) is 6.07 Å². The molecule has 3 unspecified atom stereocenters. The van der Waals surface area contributed by atoms with Gasteiger partial charge in [0.1, 0.15) is 22.8 Å². The van der Waals surface area contributed by atoms with Crippen LogP contribution in [0.1, 0.15) is 35.2 Å². The molecule has 8 N–H and O–H groups in total. The molecule has 1 aromatic carbocycles. The van der Waals surface area contributed by atoms with Gasteiger partial charge >= 0.3 is 0 Å². The SMILES string of the molecule is C[C@H]1c2ccc(N)c(O)c2C(=O)C2=C(O)C3C(=O)C(C(N)=O)=C(O)CC3[C@@H](O)C21. The molecule has 0 aliphatic heterocycles. The topological polar surface area (TPSA) is 184 Å². The Morgan fingerprint density at radius 3 is 2.45 bits per heavy atom. The summed E-state index contributed by atoms with van der Waals surface area (Å²) in [6, 6.07) is 3.02. The predicted octanol–water partition coefficient (Wildman–Crippen LogP) is 0.580. The first-order chi connectivity index (χ1) is 13.6. The molecule has 0 radical (unpaired) electrons. The summed E-state index contributed by atoms with van der Waals surface area (Å²) >= 11 is 0. The molecule has 1 aromatic rings. The van der Waals surface area contributed by atoms with Crippen LogP contribution >= 0.6 is 0 Å². The minimum Gasteiger partial charge on any atom is -0.511 e. The largest absolute Gasteiger partial charge is 0.511 e. The van der Waals surface area contributed by atoms with Gasteiger partial charge in [-0.15, -0.1) is 0 Å². The number of allylic oxidation sites excluding steroid dienone is 2. The Bertz CT molecular complexity index is 1060. The van der Waals surface area contributed by atoms with E-state index in [2.05, 4.69) is 0 Å². The maximum atomic E-state index is 13.2. The number of aliphatic hydroxyl groups is 3. The number of phenolic OH excluding ortho intramolecular Hbond substituents is 1. The number of hydrogen-bond donors (Lipinski definition) is 6. The highest BCUT2D eigenvalue weighted by Crippen LogP contribution is 2.53. The highest BCUT2D eigenvalue weighted by molar-refractivity contribution is 6.22. The molecule has 0 heterocycles. The van der Waals surface area contributed by atoms with Crippen LogP contribution in [-0.2, 0) is 9.59 Å². The van der Waals surface area contributed by atoms with E-state index in [1.54, 1.807) is 13.0 Å². The fraction of sp³-hybridized carbons (Fsp3) is 0.350. The van der Waals surface area contributed by atoms with Crippen LogP contribution < -0.4 is 11.5 Å². The van der Waals surface area contributed by atoms with Gasteiger partial charge in [-0.1, -0.05) is 13.0 Å². The van der Waals surface area contributed by atoms with Gasteiger partial charge in [-0.05, 0) is 17.5 Å².